The second kappa shape index (κ2) is 3.80. The number of pyridine rings is 1. The molecule has 0 spiro atoms. The highest BCUT2D eigenvalue weighted by Crippen LogP contribution is 2.43. The number of rotatable bonds is 3. The molecule has 0 radical (unpaired) electrons. The Hall–Kier alpha value is -1.97. The van der Waals surface area contributed by atoms with Crippen LogP contribution in [0.1, 0.15) is 40.4 Å². The molecule has 3 rings (SSSR count). The lowest BCUT2D eigenvalue weighted by molar-refractivity contribution is 0.112. The molecule has 2 heterocycles. The second-order valence-corrected chi connectivity index (χ2v) is 4.44. The minimum Gasteiger partial charge on any atom is -0.298 e. The van der Waals surface area contributed by atoms with Gasteiger partial charge in [0.1, 0.15) is 5.69 Å². The molecule has 0 bridgehead atoms. The Kier molecular flexibility index (Phi) is 2.28. The van der Waals surface area contributed by atoms with Gasteiger partial charge in [-0.1, -0.05) is 6.07 Å². The van der Waals surface area contributed by atoms with Gasteiger partial charge in [0.05, 0.1) is 11.3 Å². The number of nitrogens with one attached hydrogen (secondary N) is 1. The minimum atomic E-state index is 0.593. The third-order valence-electron chi connectivity index (χ3n) is 3.19. The molecule has 17 heavy (non-hydrogen) atoms. The molecule has 1 saturated carbocycles. The number of aromatic nitrogens is 3. The normalized spacial score (nSPS) is 14.9. The summed E-state index contributed by atoms with van der Waals surface area (Å²) in [5, 5.41) is 7.06. The number of hydrogen-bond donors (Lipinski definition) is 1. The van der Waals surface area contributed by atoms with E-state index in [2.05, 4.69) is 21.2 Å². The van der Waals surface area contributed by atoms with E-state index in [4.69, 9.17) is 0 Å². The van der Waals surface area contributed by atoms with Gasteiger partial charge >= 0.3 is 0 Å². The monoisotopic (exact) mass is 227 g/mol. The summed E-state index contributed by atoms with van der Waals surface area (Å²) in [6.45, 7) is 1.85. The van der Waals surface area contributed by atoms with Crippen molar-refractivity contribution < 1.29 is 4.79 Å². The molecule has 0 aliphatic heterocycles. The average molecular weight is 227 g/mol. The summed E-state index contributed by atoms with van der Waals surface area (Å²) in [5.41, 5.74) is 4.15. The fourth-order valence-electron chi connectivity index (χ4n) is 2.10. The van der Waals surface area contributed by atoms with E-state index in [1.807, 2.05) is 13.0 Å². The SMILES string of the molecule is Cc1[nH]nc(-c2ncccc2C2CC2)c1C=O. The van der Waals surface area contributed by atoms with E-state index in [0.717, 1.165) is 17.7 Å². The number of aldehydes is 1. The molecule has 2 aromatic rings. The fraction of sp³-hybridized carbons (Fsp3) is 0.308. The van der Waals surface area contributed by atoms with Crippen molar-refractivity contribution in [3.05, 3.63) is 35.2 Å². The first-order chi connectivity index (χ1) is 8.31. The molecule has 0 amide bonds. The number of carbonyl (C=O) groups is 1. The summed E-state index contributed by atoms with van der Waals surface area (Å²) < 4.78 is 0. The zero-order valence-corrected chi connectivity index (χ0v) is 9.60. The lowest BCUT2D eigenvalue weighted by Crippen LogP contribution is -1.94. The van der Waals surface area contributed by atoms with Gasteiger partial charge in [-0.3, -0.25) is 14.9 Å². The van der Waals surface area contributed by atoms with Crippen LogP contribution in [0, 0.1) is 6.92 Å². The number of nitrogens with zero attached hydrogens (tertiary/aromatic N) is 2. The highest BCUT2D eigenvalue weighted by molar-refractivity contribution is 5.87. The zero-order valence-electron chi connectivity index (χ0n) is 9.60. The van der Waals surface area contributed by atoms with Gasteiger partial charge in [-0.2, -0.15) is 5.10 Å². The third kappa shape index (κ3) is 1.65. The van der Waals surface area contributed by atoms with Crippen molar-refractivity contribution in [1.82, 2.24) is 15.2 Å². The van der Waals surface area contributed by atoms with E-state index in [1.165, 1.54) is 18.4 Å². The highest BCUT2D eigenvalue weighted by Gasteiger charge is 2.28. The average Bonchev–Trinajstić information content (AvgIpc) is 3.13. The molecule has 0 atom stereocenters. The lowest BCUT2D eigenvalue weighted by Gasteiger charge is -2.04. The number of aryl methyl sites for hydroxylation is 1. The van der Waals surface area contributed by atoms with Gasteiger partial charge in [0.25, 0.3) is 0 Å². The van der Waals surface area contributed by atoms with Crippen molar-refractivity contribution in [1.29, 1.82) is 0 Å². The van der Waals surface area contributed by atoms with E-state index < -0.39 is 0 Å². The molecule has 0 unspecified atom stereocenters. The van der Waals surface area contributed by atoms with Crippen LogP contribution >= 0.6 is 0 Å². The quantitative estimate of drug-likeness (QED) is 0.819. The molecule has 0 saturated heterocycles. The van der Waals surface area contributed by atoms with Crippen molar-refractivity contribution in [2.24, 2.45) is 0 Å². The van der Waals surface area contributed by atoms with Crippen LogP contribution in [0.5, 0.6) is 0 Å². The number of carbonyl (C=O) groups excluding carboxylic acids is 1. The number of H-pyrrole nitrogens is 1. The molecule has 2 aromatic heterocycles. The van der Waals surface area contributed by atoms with Crippen LogP contribution in [0.4, 0.5) is 0 Å². The van der Waals surface area contributed by atoms with Gasteiger partial charge < -0.3 is 0 Å². The highest BCUT2D eigenvalue weighted by atomic mass is 16.1. The summed E-state index contributed by atoms with van der Waals surface area (Å²) in [4.78, 5) is 15.5. The maximum absolute atomic E-state index is 11.1. The largest absolute Gasteiger partial charge is 0.298 e. The van der Waals surface area contributed by atoms with Gasteiger partial charge in [-0.25, -0.2) is 0 Å². The Morgan fingerprint density at radius 3 is 2.94 bits per heavy atom. The summed E-state index contributed by atoms with van der Waals surface area (Å²) >= 11 is 0. The molecule has 1 N–H and O–H groups in total. The molecule has 1 fully saturated rings. The van der Waals surface area contributed by atoms with E-state index in [1.54, 1.807) is 6.20 Å². The van der Waals surface area contributed by atoms with E-state index >= 15 is 0 Å². The standard InChI is InChI=1S/C13H13N3O/c1-8-11(7-17)13(16-15-8)12-10(9-4-5-9)3-2-6-14-12/h2-3,6-7,9H,4-5H2,1H3,(H,15,16). The Balaban J connectivity index is 2.17. The van der Waals surface area contributed by atoms with Crippen molar-refractivity contribution in [3.8, 4) is 11.4 Å². The smallest absolute Gasteiger partial charge is 0.154 e. The first-order valence-electron chi connectivity index (χ1n) is 5.76. The summed E-state index contributed by atoms with van der Waals surface area (Å²) in [7, 11) is 0. The predicted molar refractivity (Wildman–Crippen MR) is 63.9 cm³/mol. The van der Waals surface area contributed by atoms with Crippen molar-refractivity contribution in [3.63, 3.8) is 0 Å². The fourth-order valence-corrected chi connectivity index (χ4v) is 2.10. The van der Waals surface area contributed by atoms with E-state index in [9.17, 15) is 4.79 Å². The Labute approximate surface area is 99.1 Å². The van der Waals surface area contributed by atoms with Crippen LogP contribution in [0.15, 0.2) is 18.3 Å². The minimum absolute atomic E-state index is 0.593. The molecular formula is C13H13N3O. The molecule has 1 aliphatic carbocycles. The van der Waals surface area contributed by atoms with E-state index in [0.29, 0.717) is 17.2 Å². The molecular weight excluding hydrogens is 214 g/mol. The first kappa shape index (κ1) is 10.2. The van der Waals surface area contributed by atoms with Crippen molar-refractivity contribution in [2.75, 3.05) is 0 Å². The van der Waals surface area contributed by atoms with Crippen LogP contribution in [-0.4, -0.2) is 21.5 Å². The number of hydrogen-bond acceptors (Lipinski definition) is 3. The topological polar surface area (TPSA) is 58.6 Å². The van der Waals surface area contributed by atoms with Crippen LogP contribution in [0.3, 0.4) is 0 Å². The van der Waals surface area contributed by atoms with Gasteiger partial charge in [0.2, 0.25) is 0 Å². The molecule has 0 aromatic carbocycles. The first-order valence-corrected chi connectivity index (χ1v) is 5.76. The summed E-state index contributed by atoms with van der Waals surface area (Å²) in [5.74, 6) is 0.593. The van der Waals surface area contributed by atoms with Gasteiger partial charge in [0.15, 0.2) is 6.29 Å². The summed E-state index contributed by atoms with van der Waals surface area (Å²) in [6, 6.07) is 4.02. The Morgan fingerprint density at radius 1 is 1.41 bits per heavy atom. The maximum atomic E-state index is 11.1. The zero-order chi connectivity index (χ0) is 11.8. The van der Waals surface area contributed by atoms with Gasteiger partial charge in [-0.05, 0) is 37.3 Å². The summed E-state index contributed by atoms with van der Waals surface area (Å²) in [6.07, 6.45) is 5.01. The third-order valence-corrected chi connectivity index (χ3v) is 3.19. The van der Waals surface area contributed by atoms with Crippen LogP contribution in [-0.2, 0) is 0 Å². The van der Waals surface area contributed by atoms with Crippen LogP contribution < -0.4 is 0 Å². The molecule has 1 aliphatic rings. The maximum Gasteiger partial charge on any atom is 0.154 e. The molecule has 86 valence electrons. The molecule has 4 nitrogen and oxygen atoms in total. The van der Waals surface area contributed by atoms with Crippen LogP contribution in [0.2, 0.25) is 0 Å². The second-order valence-electron chi connectivity index (χ2n) is 4.44. The molecule has 4 heteroatoms. The van der Waals surface area contributed by atoms with Crippen LogP contribution in [0.25, 0.3) is 11.4 Å². The number of aromatic amines is 1. The van der Waals surface area contributed by atoms with Gasteiger partial charge in [0, 0.05) is 11.9 Å². The Morgan fingerprint density at radius 2 is 2.24 bits per heavy atom. The van der Waals surface area contributed by atoms with E-state index in [-0.39, 0.29) is 0 Å². The van der Waals surface area contributed by atoms with Gasteiger partial charge in [-0.15, -0.1) is 0 Å². The predicted octanol–water partition coefficient (Wildman–Crippen LogP) is 2.47. The van der Waals surface area contributed by atoms with Crippen molar-refractivity contribution >= 4 is 6.29 Å². The lowest BCUT2D eigenvalue weighted by atomic mass is 10.0. The Bertz CT molecular complexity index is 570. The van der Waals surface area contributed by atoms with Crippen molar-refractivity contribution in [2.45, 2.75) is 25.7 Å².